The second kappa shape index (κ2) is 7.68. The summed E-state index contributed by atoms with van der Waals surface area (Å²) in [5, 5.41) is 2.89. The number of hydrogen-bond donors (Lipinski definition) is 1. The van der Waals surface area contributed by atoms with E-state index in [4.69, 9.17) is 0 Å². The zero-order valence-electron chi connectivity index (χ0n) is 15.3. The van der Waals surface area contributed by atoms with E-state index in [-0.39, 0.29) is 17.9 Å². The minimum atomic E-state index is -0.909. The molecule has 26 heavy (non-hydrogen) atoms. The maximum atomic E-state index is 13.2. The molecule has 0 bridgehead atoms. The molecule has 1 aliphatic rings. The summed E-state index contributed by atoms with van der Waals surface area (Å²) in [5.41, 5.74) is 0.946. The van der Waals surface area contributed by atoms with Crippen LogP contribution in [-0.2, 0) is 22.7 Å². The minimum absolute atomic E-state index is 0.0313. The lowest BCUT2D eigenvalue weighted by Gasteiger charge is -2.30. The quantitative estimate of drug-likeness (QED) is 0.780. The number of pyridine rings is 1. The van der Waals surface area contributed by atoms with Crippen LogP contribution in [0, 0.1) is 5.41 Å². The molecule has 1 N–H and O–H groups in total. The summed E-state index contributed by atoms with van der Waals surface area (Å²) in [7, 11) is 0. The van der Waals surface area contributed by atoms with Gasteiger partial charge in [-0.2, -0.15) is 0 Å². The average Bonchev–Trinajstić information content (AvgIpc) is 3.47. The first-order valence-corrected chi connectivity index (χ1v) is 9.06. The maximum absolute atomic E-state index is 13.2. The number of amides is 2. The summed E-state index contributed by atoms with van der Waals surface area (Å²) < 4.78 is 0. The van der Waals surface area contributed by atoms with E-state index in [1.54, 1.807) is 6.20 Å². The Morgan fingerprint density at radius 1 is 1.12 bits per heavy atom. The Balaban J connectivity index is 1.68. The van der Waals surface area contributed by atoms with Crippen molar-refractivity contribution < 1.29 is 9.59 Å². The van der Waals surface area contributed by atoms with Crippen LogP contribution in [0.4, 0.5) is 0 Å². The van der Waals surface area contributed by atoms with E-state index >= 15 is 0 Å². The van der Waals surface area contributed by atoms with E-state index in [0.717, 1.165) is 11.3 Å². The smallest absolute Gasteiger partial charge is 0.238 e. The summed E-state index contributed by atoms with van der Waals surface area (Å²) in [5.74, 6) is -0.262. The topological polar surface area (TPSA) is 62.3 Å². The van der Waals surface area contributed by atoms with Gasteiger partial charge in [0.25, 0.3) is 0 Å². The Morgan fingerprint density at radius 2 is 1.81 bits per heavy atom. The SMILES string of the molecule is CC(C)N(Cc1ccccc1)C(=O)C1(C(=O)NCc2ccccn2)CC1. The van der Waals surface area contributed by atoms with Gasteiger partial charge in [0, 0.05) is 18.8 Å². The Bertz CT molecular complexity index is 755. The molecule has 1 heterocycles. The molecule has 1 saturated carbocycles. The summed E-state index contributed by atoms with van der Waals surface area (Å²) in [6.07, 6.45) is 2.91. The minimum Gasteiger partial charge on any atom is -0.350 e. The van der Waals surface area contributed by atoms with Crippen molar-refractivity contribution in [3.63, 3.8) is 0 Å². The number of aromatic nitrogens is 1. The van der Waals surface area contributed by atoms with Crippen LogP contribution in [0.25, 0.3) is 0 Å². The summed E-state index contributed by atoms with van der Waals surface area (Å²) >= 11 is 0. The van der Waals surface area contributed by atoms with Crippen molar-refractivity contribution in [1.29, 1.82) is 0 Å². The molecule has 2 amide bonds. The molecule has 3 rings (SSSR count). The standard InChI is InChI=1S/C21H25N3O2/c1-16(2)24(15-17-8-4-3-5-9-17)20(26)21(11-12-21)19(25)23-14-18-10-6-7-13-22-18/h3-10,13,16H,11-12,14-15H2,1-2H3,(H,23,25). The van der Waals surface area contributed by atoms with Gasteiger partial charge in [0.2, 0.25) is 11.8 Å². The van der Waals surface area contributed by atoms with Crippen LogP contribution in [0.5, 0.6) is 0 Å². The van der Waals surface area contributed by atoms with Crippen molar-refractivity contribution in [3.05, 3.63) is 66.0 Å². The van der Waals surface area contributed by atoms with Gasteiger partial charge in [-0.1, -0.05) is 36.4 Å². The fraction of sp³-hybridized carbons (Fsp3) is 0.381. The first kappa shape index (κ1) is 18.1. The Kier molecular flexibility index (Phi) is 5.35. The van der Waals surface area contributed by atoms with Crippen molar-refractivity contribution in [3.8, 4) is 0 Å². The fourth-order valence-corrected chi connectivity index (χ4v) is 3.05. The van der Waals surface area contributed by atoms with Gasteiger partial charge < -0.3 is 10.2 Å². The van der Waals surface area contributed by atoms with Crippen molar-refractivity contribution in [2.45, 2.75) is 45.8 Å². The first-order chi connectivity index (χ1) is 12.5. The second-order valence-corrected chi connectivity index (χ2v) is 7.10. The van der Waals surface area contributed by atoms with Gasteiger partial charge in [-0.15, -0.1) is 0 Å². The maximum Gasteiger partial charge on any atom is 0.238 e. The lowest BCUT2D eigenvalue weighted by molar-refractivity contribution is -0.146. The summed E-state index contributed by atoms with van der Waals surface area (Å²) in [6.45, 7) is 4.84. The largest absolute Gasteiger partial charge is 0.350 e. The number of nitrogens with one attached hydrogen (secondary N) is 1. The van der Waals surface area contributed by atoms with E-state index in [1.165, 1.54) is 0 Å². The Labute approximate surface area is 154 Å². The van der Waals surface area contributed by atoms with Crippen molar-refractivity contribution >= 4 is 11.8 Å². The van der Waals surface area contributed by atoms with E-state index in [9.17, 15) is 9.59 Å². The van der Waals surface area contributed by atoms with Crippen molar-refractivity contribution in [1.82, 2.24) is 15.2 Å². The van der Waals surface area contributed by atoms with E-state index < -0.39 is 5.41 Å². The molecule has 0 radical (unpaired) electrons. The predicted molar refractivity (Wildman–Crippen MR) is 99.9 cm³/mol. The molecule has 1 aliphatic carbocycles. The molecule has 2 aromatic rings. The van der Waals surface area contributed by atoms with E-state index in [2.05, 4.69) is 10.3 Å². The van der Waals surface area contributed by atoms with Gasteiger partial charge in [0.15, 0.2) is 0 Å². The molecule has 0 saturated heterocycles. The third-order valence-electron chi connectivity index (χ3n) is 4.83. The molecule has 1 aromatic carbocycles. The molecular formula is C21H25N3O2. The van der Waals surface area contributed by atoms with Crippen LogP contribution in [-0.4, -0.2) is 27.7 Å². The van der Waals surface area contributed by atoms with Gasteiger partial charge >= 0.3 is 0 Å². The molecular weight excluding hydrogens is 326 g/mol. The number of nitrogens with zero attached hydrogens (tertiary/aromatic N) is 2. The van der Waals surface area contributed by atoms with Crippen LogP contribution in [0.1, 0.15) is 37.9 Å². The van der Waals surface area contributed by atoms with Crippen LogP contribution >= 0.6 is 0 Å². The third-order valence-corrected chi connectivity index (χ3v) is 4.83. The molecule has 5 heteroatoms. The van der Waals surface area contributed by atoms with Crippen LogP contribution in [0.15, 0.2) is 54.7 Å². The highest BCUT2D eigenvalue weighted by molar-refractivity contribution is 6.07. The number of rotatable bonds is 7. The second-order valence-electron chi connectivity index (χ2n) is 7.10. The van der Waals surface area contributed by atoms with Crippen molar-refractivity contribution in [2.24, 2.45) is 5.41 Å². The van der Waals surface area contributed by atoms with Crippen LogP contribution < -0.4 is 5.32 Å². The highest BCUT2D eigenvalue weighted by Crippen LogP contribution is 2.48. The molecule has 0 spiro atoms. The van der Waals surface area contributed by atoms with E-state index in [1.807, 2.05) is 67.3 Å². The summed E-state index contributed by atoms with van der Waals surface area (Å²) in [4.78, 5) is 31.9. The van der Waals surface area contributed by atoms with Gasteiger partial charge in [-0.3, -0.25) is 14.6 Å². The average molecular weight is 351 g/mol. The molecule has 5 nitrogen and oxygen atoms in total. The monoisotopic (exact) mass is 351 g/mol. The number of benzene rings is 1. The predicted octanol–water partition coefficient (Wildman–Crippen LogP) is 2.92. The van der Waals surface area contributed by atoms with Gasteiger partial charge in [0.1, 0.15) is 5.41 Å². The Morgan fingerprint density at radius 3 is 2.38 bits per heavy atom. The zero-order valence-corrected chi connectivity index (χ0v) is 15.3. The highest BCUT2D eigenvalue weighted by Gasteiger charge is 2.58. The van der Waals surface area contributed by atoms with Crippen LogP contribution in [0.2, 0.25) is 0 Å². The number of carbonyl (C=O) groups is 2. The normalized spacial score (nSPS) is 14.7. The zero-order chi connectivity index (χ0) is 18.6. The van der Waals surface area contributed by atoms with E-state index in [0.29, 0.717) is 25.9 Å². The number of carbonyl (C=O) groups excluding carboxylic acids is 2. The molecule has 0 unspecified atom stereocenters. The van der Waals surface area contributed by atoms with Gasteiger partial charge in [-0.25, -0.2) is 0 Å². The van der Waals surface area contributed by atoms with Gasteiger partial charge in [0.05, 0.1) is 12.2 Å². The Hall–Kier alpha value is -2.69. The summed E-state index contributed by atoms with van der Waals surface area (Å²) in [6, 6.07) is 15.5. The molecule has 136 valence electrons. The molecule has 0 aliphatic heterocycles. The molecule has 1 fully saturated rings. The third kappa shape index (κ3) is 3.93. The molecule has 1 aromatic heterocycles. The lowest BCUT2D eigenvalue weighted by Crippen LogP contribution is -2.47. The number of hydrogen-bond acceptors (Lipinski definition) is 3. The van der Waals surface area contributed by atoms with Gasteiger partial charge in [-0.05, 0) is 44.4 Å². The first-order valence-electron chi connectivity index (χ1n) is 9.06. The van der Waals surface area contributed by atoms with Crippen LogP contribution in [0.3, 0.4) is 0 Å². The highest BCUT2D eigenvalue weighted by atomic mass is 16.2. The molecule has 0 atom stereocenters. The fourth-order valence-electron chi connectivity index (χ4n) is 3.05. The van der Waals surface area contributed by atoms with Crippen molar-refractivity contribution in [2.75, 3.05) is 0 Å². The lowest BCUT2D eigenvalue weighted by atomic mass is 10.0.